The van der Waals surface area contributed by atoms with Crippen LogP contribution in [0.5, 0.6) is 11.5 Å². The van der Waals surface area contributed by atoms with Crippen LogP contribution in [0.25, 0.3) is 0 Å². The molecule has 0 aliphatic carbocycles. The van der Waals surface area contributed by atoms with Gasteiger partial charge in [0.2, 0.25) is 0 Å². The predicted octanol–water partition coefficient (Wildman–Crippen LogP) is 3.93. The smallest absolute Gasteiger partial charge is 0.251 e. The Kier molecular flexibility index (Phi) is 5.49. The molecule has 0 fully saturated rings. The van der Waals surface area contributed by atoms with Crippen LogP contribution >= 0.6 is 0 Å². The second-order valence-electron chi connectivity index (χ2n) is 7.23. The standard InChI is InChI=1S/C24H24N2O3/c1-26-14-13-18-15-19(9-12-22(18)26)23(27)16-25-24(28)17-7-10-21(11-8-17)29-20-5-3-2-4-6-20/h2-12,15,23,27H,13-14,16H2,1H3,(H,25,28). The number of aliphatic hydroxyl groups excluding tert-OH is 1. The Bertz CT molecular complexity index is 987. The molecular formula is C24H24N2O3. The Balaban J connectivity index is 1.33. The molecule has 0 radical (unpaired) electrons. The molecule has 2 N–H and O–H groups in total. The number of benzene rings is 3. The number of likely N-dealkylation sites (N-methyl/N-ethyl adjacent to an activating group) is 1. The minimum absolute atomic E-state index is 0.162. The van der Waals surface area contributed by atoms with Crippen LogP contribution in [0.2, 0.25) is 0 Å². The summed E-state index contributed by atoms with van der Waals surface area (Å²) in [6.07, 6.45) is 0.242. The molecule has 5 nitrogen and oxygen atoms in total. The van der Waals surface area contributed by atoms with E-state index in [1.165, 1.54) is 11.3 Å². The summed E-state index contributed by atoms with van der Waals surface area (Å²) < 4.78 is 5.74. The molecule has 1 aliphatic heterocycles. The molecule has 148 valence electrons. The van der Waals surface area contributed by atoms with E-state index in [0.717, 1.165) is 24.3 Å². The van der Waals surface area contributed by atoms with Crippen LogP contribution in [0, 0.1) is 0 Å². The monoisotopic (exact) mass is 388 g/mol. The number of amides is 1. The molecule has 29 heavy (non-hydrogen) atoms. The zero-order chi connectivity index (χ0) is 20.2. The summed E-state index contributed by atoms with van der Waals surface area (Å²) >= 11 is 0. The van der Waals surface area contributed by atoms with E-state index >= 15 is 0 Å². The van der Waals surface area contributed by atoms with E-state index in [0.29, 0.717) is 11.3 Å². The Labute approximate surface area is 170 Å². The maximum absolute atomic E-state index is 12.4. The Morgan fingerprint density at radius 3 is 2.55 bits per heavy atom. The molecule has 1 aliphatic rings. The SMILES string of the molecule is CN1CCc2cc(C(O)CNC(=O)c3ccc(Oc4ccccc4)cc3)ccc21. The number of hydrogen-bond acceptors (Lipinski definition) is 4. The molecule has 0 bridgehead atoms. The van der Waals surface area contributed by atoms with Gasteiger partial charge in [-0.25, -0.2) is 0 Å². The van der Waals surface area contributed by atoms with Gasteiger partial charge in [-0.05, 0) is 60.0 Å². The highest BCUT2D eigenvalue weighted by molar-refractivity contribution is 5.94. The average Bonchev–Trinajstić information content (AvgIpc) is 3.13. The molecule has 1 atom stereocenters. The number of nitrogens with one attached hydrogen (secondary N) is 1. The summed E-state index contributed by atoms with van der Waals surface area (Å²) in [6.45, 7) is 1.16. The van der Waals surface area contributed by atoms with E-state index < -0.39 is 6.10 Å². The first-order valence-corrected chi connectivity index (χ1v) is 9.73. The van der Waals surface area contributed by atoms with Crippen molar-refractivity contribution in [1.29, 1.82) is 0 Å². The van der Waals surface area contributed by atoms with Gasteiger partial charge in [0.15, 0.2) is 0 Å². The van der Waals surface area contributed by atoms with Crippen molar-refractivity contribution in [3.05, 3.63) is 89.5 Å². The molecule has 0 spiro atoms. The summed E-state index contributed by atoms with van der Waals surface area (Å²) in [4.78, 5) is 14.6. The van der Waals surface area contributed by atoms with Crippen LogP contribution in [0.1, 0.15) is 27.6 Å². The summed E-state index contributed by atoms with van der Waals surface area (Å²) in [5.74, 6) is 1.18. The van der Waals surface area contributed by atoms with Crippen molar-refractivity contribution < 1.29 is 14.6 Å². The van der Waals surface area contributed by atoms with Gasteiger partial charge in [-0.15, -0.1) is 0 Å². The van der Waals surface area contributed by atoms with Gasteiger partial charge in [-0.2, -0.15) is 0 Å². The normalized spacial score (nSPS) is 13.7. The zero-order valence-electron chi connectivity index (χ0n) is 16.3. The number of anilines is 1. The third-order valence-electron chi connectivity index (χ3n) is 5.17. The largest absolute Gasteiger partial charge is 0.457 e. The minimum atomic E-state index is -0.740. The van der Waals surface area contributed by atoms with Crippen molar-refractivity contribution in [3.8, 4) is 11.5 Å². The number of para-hydroxylation sites is 1. The average molecular weight is 388 g/mol. The fourth-order valence-corrected chi connectivity index (χ4v) is 3.50. The highest BCUT2D eigenvalue weighted by Crippen LogP contribution is 2.29. The van der Waals surface area contributed by atoms with Gasteiger partial charge in [0, 0.05) is 31.4 Å². The first-order valence-electron chi connectivity index (χ1n) is 9.73. The second-order valence-corrected chi connectivity index (χ2v) is 7.23. The lowest BCUT2D eigenvalue weighted by Gasteiger charge is -2.15. The first-order chi connectivity index (χ1) is 14.1. The van der Waals surface area contributed by atoms with Gasteiger partial charge in [0.05, 0.1) is 6.10 Å². The van der Waals surface area contributed by atoms with Crippen molar-refractivity contribution >= 4 is 11.6 Å². The lowest BCUT2D eigenvalue weighted by Crippen LogP contribution is -2.28. The van der Waals surface area contributed by atoms with Crippen LogP contribution in [-0.4, -0.2) is 31.2 Å². The predicted molar refractivity (Wildman–Crippen MR) is 114 cm³/mol. The number of hydrogen-bond donors (Lipinski definition) is 2. The Morgan fingerprint density at radius 2 is 1.79 bits per heavy atom. The minimum Gasteiger partial charge on any atom is -0.457 e. The number of nitrogens with zero attached hydrogens (tertiary/aromatic N) is 1. The lowest BCUT2D eigenvalue weighted by atomic mass is 10.0. The maximum Gasteiger partial charge on any atom is 0.251 e. The fourth-order valence-electron chi connectivity index (χ4n) is 3.50. The zero-order valence-corrected chi connectivity index (χ0v) is 16.3. The van der Waals surface area contributed by atoms with Crippen molar-refractivity contribution in [2.75, 3.05) is 25.0 Å². The lowest BCUT2D eigenvalue weighted by molar-refractivity contribution is 0.0916. The van der Waals surface area contributed by atoms with Gasteiger partial charge in [-0.1, -0.05) is 30.3 Å². The number of carbonyl (C=O) groups is 1. The van der Waals surface area contributed by atoms with Crippen LogP contribution in [-0.2, 0) is 6.42 Å². The topological polar surface area (TPSA) is 61.8 Å². The van der Waals surface area contributed by atoms with Crippen molar-refractivity contribution in [1.82, 2.24) is 5.32 Å². The molecule has 0 saturated carbocycles. The highest BCUT2D eigenvalue weighted by atomic mass is 16.5. The maximum atomic E-state index is 12.4. The van der Waals surface area contributed by atoms with Crippen LogP contribution in [0.4, 0.5) is 5.69 Å². The molecule has 1 heterocycles. The van der Waals surface area contributed by atoms with E-state index in [2.05, 4.69) is 17.3 Å². The van der Waals surface area contributed by atoms with E-state index in [9.17, 15) is 9.90 Å². The molecular weight excluding hydrogens is 364 g/mol. The number of ether oxygens (including phenoxy) is 1. The number of carbonyl (C=O) groups excluding carboxylic acids is 1. The van der Waals surface area contributed by atoms with Gasteiger partial charge in [0.1, 0.15) is 11.5 Å². The highest BCUT2D eigenvalue weighted by Gasteiger charge is 2.18. The molecule has 3 aromatic rings. The molecule has 0 aromatic heterocycles. The summed E-state index contributed by atoms with van der Waals surface area (Å²) in [7, 11) is 2.07. The first kappa shape index (κ1) is 19.0. The van der Waals surface area contributed by atoms with Gasteiger partial charge < -0.3 is 20.1 Å². The van der Waals surface area contributed by atoms with E-state index in [4.69, 9.17) is 4.74 Å². The summed E-state index contributed by atoms with van der Waals surface area (Å²) in [5.41, 5.74) is 3.80. The molecule has 5 heteroatoms. The van der Waals surface area contributed by atoms with Crippen LogP contribution in [0.3, 0.4) is 0 Å². The third kappa shape index (κ3) is 4.41. The summed E-state index contributed by atoms with van der Waals surface area (Å²) in [6, 6.07) is 22.4. The second kappa shape index (κ2) is 8.37. The van der Waals surface area contributed by atoms with Crippen molar-refractivity contribution in [2.24, 2.45) is 0 Å². The molecule has 1 amide bonds. The molecule has 1 unspecified atom stereocenters. The van der Waals surface area contributed by atoms with Crippen molar-refractivity contribution in [3.63, 3.8) is 0 Å². The Hall–Kier alpha value is -3.31. The molecule has 0 saturated heterocycles. The van der Waals surface area contributed by atoms with Gasteiger partial charge in [0.25, 0.3) is 5.91 Å². The fraction of sp³-hybridized carbons (Fsp3) is 0.208. The van der Waals surface area contributed by atoms with E-state index in [1.807, 2.05) is 48.5 Å². The van der Waals surface area contributed by atoms with Crippen molar-refractivity contribution in [2.45, 2.75) is 12.5 Å². The molecule has 3 aromatic carbocycles. The Morgan fingerprint density at radius 1 is 1.07 bits per heavy atom. The number of fused-ring (bicyclic) bond motifs is 1. The quantitative estimate of drug-likeness (QED) is 0.672. The van der Waals surface area contributed by atoms with Gasteiger partial charge in [-0.3, -0.25) is 4.79 Å². The number of aliphatic hydroxyl groups is 1. The molecule has 4 rings (SSSR count). The summed E-state index contributed by atoms with van der Waals surface area (Å²) in [5, 5.41) is 13.3. The van der Waals surface area contributed by atoms with E-state index in [1.54, 1.807) is 24.3 Å². The number of rotatable bonds is 6. The van der Waals surface area contributed by atoms with Crippen LogP contribution < -0.4 is 15.0 Å². The van der Waals surface area contributed by atoms with Crippen LogP contribution in [0.15, 0.2) is 72.8 Å². The third-order valence-corrected chi connectivity index (χ3v) is 5.17. The van der Waals surface area contributed by atoms with Gasteiger partial charge >= 0.3 is 0 Å². The van der Waals surface area contributed by atoms with E-state index in [-0.39, 0.29) is 12.5 Å².